The van der Waals surface area contributed by atoms with Crippen LogP contribution < -0.4 is 20.0 Å². The molecule has 0 saturated carbocycles. The van der Waals surface area contributed by atoms with Gasteiger partial charge in [0.15, 0.2) is 0 Å². The molecule has 2 saturated heterocycles. The zero-order valence-electron chi connectivity index (χ0n) is 20.1. The van der Waals surface area contributed by atoms with Crippen molar-refractivity contribution in [1.29, 1.82) is 0 Å². The van der Waals surface area contributed by atoms with E-state index < -0.39 is 12.2 Å². The van der Waals surface area contributed by atoms with E-state index in [1.54, 1.807) is 17.0 Å². The topological polar surface area (TPSA) is 78.0 Å². The van der Waals surface area contributed by atoms with Crippen molar-refractivity contribution in [3.63, 3.8) is 0 Å². The molecule has 3 aromatic rings. The van der Waals surface area contributed by atoms with Gasteiger partial charge < -0.3 is 19.9 Å². The van der Waals surface area contributed by atoms with Crippen LogP contribution in [-0.4, -0.2) is 62.4 Å². The number of carbonyl (C=O) groups excluding carboxylic acids is 2. The molecule has 3 heterocycles. The average molecular weight is 550 g/mol. The molecule has 1 atom stereocenters. The van der Waals surface area contributed by atoms with Crippen LogP contribution in [0.25, 0.3) is 0 Å². The summed E-state index contributed by atoms with van der Waals surface area (Å²) in [4.78, 5) is 35.6. The molecule has 5 rings (SSSR count). The molecule has 1 N–H and O–H groups in total. The lowest BCUT2D eigenvalue weighted by Crippen LogP contribution is -2.47. The largest absolute Gasteiger partial charge is 0.442 e. The number of hydrogen-bond acceptors (Lipinski definition) is 6. The molecule has 2 fully saturated rings. The van der Waals surface area contributed by atoms with Crippen molar-refractivity contribution in [3.05, 3.63) is 82.5 Å². The molecule has 2 amide bonds. The summed E-state index contributed by atoms with van der Waals surface area (Å²) in [7, 11) is 0. The maximum absolute atomic E-state index is 12.5. The number of aromatic nitrogens is 1. The lowest BCUT2D eigenvalue weighted by molar-refractivity contribution is 0.0916. The highest BCUT2D eigenvalue weighted by atomic mass is 79.9. The number of anilines is 3. The number of benzene rings is 2. The Morgan fingerprint density at radius 3 is 2.36 bits per heavy atom. The van der Waals surface area contributed by atoms with E-state index >= 15 is 0 Å². The van der Waals surface area contributed by atoms with Gasteiger partial charge in [0.25, 0.3) is 5.91 Å². The number of pyridine rings is 1. The molecule has 0 bridgehead atoms. The Labute approximate surface area is 219 Å². The van der Waals surface area contributed by atoms with Gasteiger partial charge >= 0.3 is 6.09 Å². The van der Waals surface area contributed by atoms with E-state index in [-0.39, 0.29) is 12.5 Å². The normalized spacial score (nSPS) is 17.8. The first-order valence-corrected chi connectivity index (χ1v) is 12.8. The van der Waals surface area contributed by atoms with E-state index in [0.29, 0.717) is 12.1 Å². The monoisotopic (exact) mass is 549 g/mol. The summed E-state index contributed by atoms with van der Waals surface area (Å²) in [6.07, 6.45) is 1.02. The molecule has 8 nitrogen and oxygen atoms in total. The highest BCUT2D eigenvalue weighted by Gasteiger charge is 2.32. The summed E-state index contributed by atoms with van der Waals surface area (Å²) in [5.41, 5.74) is 3.59. The number of ether oxygens (including phenoxy) is 1. The predicted octanol–water partition coefficient (Wildman–Crippen LogP) is 4.23. The smallest absolute Gasteiger partial charge is 0.414 e. The molecule has 1 aromatic heterocycles. The lowest BCUT2D eigenvalue weighted by Gasteiger charge is -2.37. The number of nitrogens with zero attached hydrogens (tertiary/aromatic N) is 4. The molecule has 9 heteroatoms. The van der Waals surface area contributed by atoms with E-state index in [9.17, 15) is 9.59 Å². The van der Waals surface area contributed by atoms with Crippen LogP contribution in [0.5, 0.6) is 0 Å². The number of hydrogen-bond donors (Lipinski definition) is 1. The second kappa shape index (κ2) is 10.6. The van der Waals surface area contributed by atoms with Crippen LogP contribution in [0.2, 0.25) is 0 Å². The number of carbonyl (C=O) groups is 2. The van der Waals surface area contributed by atoms with Gasteiger partial charge in [-0.3, -0.25) is 9.69 Å². The third-order valence-corrected chi connectivity index (χ3v) is 7.14. The van der Waals surface area contributed by atoms with Crippen LogP contribution in [0.4, 0.5) is 22.0 Å². The summed E-state index contributed by atoms with van der Waals surface area (Å²) in [5, 5.41) is 2.86. The molecule has 0 unspecified atom stereocenters. The van der Waals surface area contributed by atoms with Crippen LogP contribution in [0.1, 0.15) is 15.9 Å². The summed E-state index contributed by atoms with van der Waals surface area (Å²) in [6, 6.07) is 19.3. The molecular weight excluding hydrogens is 522 g/mol. The van der Waals surface area contributed by atoms with Gasteiger partial charge in [-0.05, 0) is 71.4 Å². The van der Waals surface area contributed by atoms with E-state index in [4.69, 9.17) is 4.74 Å². The Kier molecular flexibility index (Phi) is 7.09. The Morgan fingerprint density at radius 1 is 1.00 bits per heavy atom. The highest BCUT2D eigenvalue weighted by Crippen LogP contribution is 2.28. The number of amides is 2. The fourth-order valence-electron chi connectivity index (χ4n) is 4.48. The van der Waals surface area contributed by atoms with Crippen molar-refractivity contribution in [1.82, 2.24) is 10.3 Å². The SMILES string of the molecule is Cc1ccc(C(=O)NC[C@H]2CN(c3ccc(N4CCN(c5ncccc5Br)CC4)cc3)C(=O)O2)cc1. The number of nitrogens with one attached hydrogen (secondary N) is 1. The molecule has 0 spiro atoms. The Morgan fingerprint density at radius 2 is 1.67 bits per heavy atom. The molecule has 2 aromatic carbocycles. The number of rotatable bonds is 6. The van der Waals surface area contributed by atoms with Crippen LogP contribution in [0.3, 0.4) is 0 Å². The quantitative estimate of drug-likeness (QED) is 0.495. The Hall–Kier alpha value is -3.59. The van der Waals surface area contributed by atoms with E-state index in [1.807, 2.05) is 61.7 Å². The van der Waals surface area contributed by atoms with Crippen molar-refractivity contribution in [3.8, 4) is 0 Å². The van der Waals surface area contributed by atoms with Crippen molar-refractivity contribution < 1.29 is 14.3 Å². The first-order chi connectivity index (χ1) is 17.5. The third kappa shape index (κ3) is 5.31. The van der Waals surface area contributed by atoms with Crippen molar-refractivity contribution >= 4 is 45.1 Å². The zero-order chi connectivity index (χ0) is 25.1. The van der Waals surface area contributed by atoms with E-state index in [2.05, 4.69) is 36.0 Å². The minimum Gasteiger partial charge on any atom is -0.442 e. The van der Waals surface area contributed by atoms with Gasteiger partial charge in [0.05, 0.1) is 17.6 Å². The second-order valence-electron chi connectivity index (χ2n) is 8.99. The zero-order valence-corrected chi connectivity index (χ0v) is 21.6. The first kappa shape index (κ1) is 24.1. The molecule has 2 aliphatic rings. The van der Waals surface area contributed by atoms with Gasteiger partial charge in [-0.25, -0.2) is 9.78 Å². The highest BCUT2D eigenvalue weighted by molar-refractivity contribution is 9.10. The molecule has 2 aliphatic heterocycles. The summed E-state index contributed by atoms with van der Waals surface area (Å²) in [6.45, 7) is 6.17. The second-order valence-corrected chi connectivity index (χ2v) is 9.85. The fourth-order valence-corrected chi connectivity index (χ4v) is 4.99. The number of halogens is 1. The van der Waals surface area contributed by atoms with Gasteiger partial charge in [-0.1, -0.05) is 17.7 Å². The molecule has 186 valence electrons. The molecule has 0 aliphatic carbocycles. The minimum absolute atomic E-state index is 0.177. The third-order valence-electron chi connectivity index (χ3n) is 6.52. The average Bonchev–Trinajstić information content (AvgIpc) is 3.28. The minimum atomic E-state index is -0.398. The summed E-state index contributed by atoms with van der Waals surface area (Å²) < 4.78 is 6.50. The van der Waals surface area contributed by atoms with Crippen LogP contribution in [0.15, 0.2) is 71.3 Å². The van der Waals surface area contributed by atoms with Gasteiger partial charge in [0.2, 0.25) is 0 Å². The van der Waals surface area contributed by atoms with Crippen molar-refractivity contribution in [2.45, 2.75) is 13.0 Å². The van der Waals surface area contributed by atoms with Crippen LogP contribution in [0, 0.1) is 6.92 Å². The molecule has 36 heavy (non-hydrogen) atoms. The Balaban J connectivity index is 1.14. The van der Waals surface area contributed by atoms with Crippen molar-refractivity contribution in [2.75, 3.05) is 54.0 Å². The van der Waals surface area contributed by atoms with Gasteiger partial charge in [-0.2, -0.15) is 0 Å². The van der Waals surface area contributed by atoms with Crippen LogP contribution in [-0.2, 0) is 4.74 Å². The molecular formula is C27H28BrN5O3. The van der Waals surface area contributed by atoms with E-state index in [1.165, 1.54) is 0 Å². The molecule has 0 radical (unpaired) electrons. The summed E-state index contributed by atoms with van der Waals surface area (Å²) in [5.74, 6) is 0.800. The van der Waals surface area contributed by atoms with Gasteiger partial charge in [0, 0.05) is 49.3 Å². The standard InChI is InChI=1S/C27H28BrN5O3/c1-19-4-6-20(7-5-19)26(34)30-17-23-18-33(27(35)36-23)22-10-8-21(9-11-22)31-13-15-32(16-14-31)25-24(28)3-2-12-29-25/h2-12,23H,13-18H2,1H3,(H,30,34)/t23-/m0/s1. The van der Waals surface area contributed by atoms with Gasteiger partial charge in [-0.15, -0.1) is 0 Å². The number of cyclic esters (lactones) is 1. The fraction of sp³-hybridized carbons (Fsp3) is 0.296. The Bertz CT molecular complexity index is 1230. The lowest BCUT2D eigenvalue weighted by atomic mass is 10.1. The summed E-state index contributed by atoms with van der Waals surface area (Å²) >= 11 is 3.59. The number of piperazine rings is 1. The van der Waals surface area contributed by atoms with E-state index in [0.717, 1.165) is 53.4 Å². The predicted molar refractivity (Wildman–Crippen MR) is 144 cm³/mol. The van der Waals surface area contributed by atoms with Crippen molar-refractivity contribution in [2.24, 2.45) is 0 Å². The van der Waals surface area contributed by atoms with Gasteiger partial charge in [0.1, 0.15) is 11.9 Å². The maximum atomic E-state index is 12.5. The first-order valence-electron chi connectivity index (χ1n) is 12.0. The van der Waals surface area contributed by atoms with Crippen LogP contribution >= 0.6 is 15.9 Å². The maximum Gasteiger partial charge on any atom is 0.414 e. The number of aryl methyl sites for hydroxylation is 1.